The second-order valence-electron chi connectivity index (χ2n) is 7.92. The number of aryl methyl sites for hydroxylation is 3. The minimum absolute atomic E-state index is 0.0166. The van der Waals surface area contributed by atoms with Crippen LogP contribution in [0, 0.1) is 5.41 Å². The summed E-state index contributed by atoms with van der Waals surface area (Å²) in [6, 6.07) is 0. The average Bonchev–Trinajstić information content (AvgIpc) is 3.29. The highest BCUT2D eigenvalue weighted by Crippen LogP contribution is 2.37. The van der Waals surface area contributed by atoms with Crippen LogP contribution < -0.4 is 5.32 Å². The van der Waals surface area contributed by atoms with Gasteiger partial charge in [-0.15, -0.1) is 0 Å². The van der Waals surface area contributed by atoms with E-state index in [-0.39, 0.29) is 17.1 Å². The van der Waals surface area contributed by atoms with E-state index < -0.39 is 5.97 Å². The molecule has 0 radical (unpaired) electrons. The average molecular weight is 401 g/mol. The molecule has 1 saturated heterocycles. The van der Waals surface area contributed by atoms with Crippen LogP contribution in [0.3, 0.4) is 0 Å². The third kappa shape index (κ3) is 3.78. The molecule has 2 aliphatic rings. The molecule has 0 aromatic carbocycles. The second kappa shape index (κ2) is 7.98. The quantitative estimate of drug-likeness (QED) is 0.759. The number of aromatic nitrogens is 4. The van der Waals surface area contributed by atoms with Crippen molar-refractivity contribution in [2.75, 3.05) is 19.8 Å². The highest BCUT2D eigenvalue weighted by Gasteiger charge is 2.39. The number of fused-ring (bicyclic) bond motifs is 1. The van der Waals surface area contributed by atoms with Gasteiger partial charge in [-0.3, -0.25) is 9.48 Å². The molecule has 0 atom stereocenters. The van der Waals surface area contributed by atoms with Gasteiger partial charge >= 0.3 is 5.97 Å². The maximum atomic E-state index is 12.8. The van der Waals surface area contributed by atoms with Crippen LogP contribution in [0.4, 0.5) is 0 Å². The van der Waals surface area contributed by atoms with E-state index in [4.69, 9.17) is 9.84 Å². The highest BCUT2D eigenvalue weighted by atomic mass is 16.5. The Kier molecular flexibility index (Phi) is 5.40. The predicted molar refractivity (Wildman–Crippen MR) is 104 cm³/mol. The topological polar surface area (TPSA) is 111 Å². The molecule has 4 rings (SSSR count). The molecule has 0 aliphatic carbocycles. The fraction of sp³-hybridized carbons (Fsp3) is 0.600. The van der Waals surface area contributed by atoms with Gasteiger partial charge in [0.2, 0.25) is 5.82 Å². The first-order valence-electron chi connectivity index (χ1n) is 10.2. The number of nitrogens with one attached hydrogen (secondary N) is 1. The lowest BCUT2D eigenvalue weighted by Crippen LogP contribution is -2.40. The van der Waals surface area contributed by atoms with Crippen molar-refractivity contribution in [2.24, 2.45) is 5.41 Å². The molecule has 9 heteroatoms. The zero-order valence-electron chi connectivity index (χ0n) is 16.7. The first-order chi connectivity index (χ1) is 14.0. The number of hydrogen-bond acceptors (Lipinski definition) is 5. The summed E-state index contributed by atoms with van der Waals surface area (Å²) in [7, 11) is 0. The van der Waals surface area contributed by atoms with Crippen LogP contribution in [0.2, 0.25) is 0 Å². The lowest BCUT2D eigenvalue weighted by atomic mass is 9.76. The molecule has 9 nitrogen and oxygen atoms in total. The van der Waals surface area contributed by atoms with E-state index in [0.717, 1.165) is 49.4 Å². The van der Waals surface area contributed by atoms with Crippen LogP contribution in [-0.2, 0) is 30.7 Å². The summed E-state index contributed by atoms with van der Waals surface area (Å²) in [5.41, 5.74) is 2.58. The molecule has 29 heavy (non-hydrogen) atoms. The van der Waals surface area contributed by atoms with Crippen molar-refractivity contribution in [3.05, 3.63) is 35.2 Å². The van der Waals surface area contributed by atoms with Gasteiger partial charge in [-0.1, -0.05) is 6.92 Å². The van der Waals surface area contributed by atoms with Gasteiger partial charge in [-0.05, 0) is 37.5 Å². The van der Waals surface area contributed by atoms with E-state index >= 15 is 0 Å². The molecule has 2 aromatic heterocycles. The summed E-state index contributed by atoms with van der Waals surface area (Å²) in [5.74, 6) is -1.03. The van der Waals surface area contributed by atoms with Gasteiger partial charge in [0, 0.05) is 45.2 Å². The lowest BCUT2D eigenvalue weighted by molar-refractivity contribution is 0.0152. The van der Waals surface area contributed by atoms with Crippen molar-refractivity contribution >= 4 is 11.9 Å². The fourth-order valence-electron chi connectivity index (χ4n) is 4.44. The number of carboxylic acid groups (broad SMARTS) is 1. The Balaban J connectivity index is 1.57. The van der Waals surface area contributed by atoms with Gasteiger partial charge in [0.25, 0.3) is 5.91 Å². The molecule has 1 amide bonds. The van der Waals surface area contributed by atoms with Crippen molar-refractivity contribution < 1.29 is 19.4 Å². The third-order valence-corrected chi connectivity index (χ3v) is 6.09. The van der Waals surface area contributed by atoms with Gasteiger partial charge < -0.3 is 19.7 Å². The smallest absolute Gasteiger partial charge is 0.372 e. The summed E-state index contributed by atoms with van der Waals surface area (Å²) in [6.45, 7) is 5.28. The Morgan fingerprint density at radius 1 is 1.34 bits per heavy atom. The summed E-state index contributed by atoms with van der Waals surface area (Å²) in [6.07, 6.45) is 7.23. The number of imidazole rings is 1. The normalized spacial score (nSPS) is 18.3. The molecule has 2 aromatic rings. The van der Waals surface area contributed by atoms with Crippen molar-refractivity contribution in [2.45, 2.75) is 52.1 Å². The minimum Gasteiger partial charge on any atom is -0.475 e. The largest absolute Gasteiger partial charge is 0.475 e. The number of amides is 1. The first kappa shape index (κ1) is 19.6. The molecule has 2 N–H and O–H groups in total. The summed E-state index contributed by atoms with van der Waals surface area (Å²) >= 11 is 0. The third-order valence-electron chi connectivity index (χ3n) is 6.09. The highest BCUT2D eigenvalue weighted by molar-refractivity contribution is 5.97. The Morgan fingerprint density at radius 3 is 2.86 bits per heavy atom. The van der Waals surface area contributed by atoms with Crippen molar-refractivity contribution in [1.82, 2.24) is 24.6 Å². The number of rotatable bonds is 6. The summed E-state index contributed by atoms with van der Waals surface area (Å²) in [5, 5.41) is 17.1. The number of carbonyl (C=O) groups excluding carboxylic acids is 1. The van der Waals surface area contributed by atoms with Crippen molar-refractivity contribution in [3.8, 4) is 0 Å². The fourth-order valence-corrected chi connectivity index (χ4v) is 4.44. The zero-order valence-corrected chi connectivity index (χ0v) is 16.7. The number of nitrogens with zero attached hydrogens (tertiary/aromatic N) is 4. The standard InChI is InChI=1S/C20H27N5O4/c1-2-14-16-15(12-20(13-22-18(16)26)4-10-29-11-5-20)25(23-14)8-3-7-24-9-6-21-17(24)19(27)28/h6,9H,2-5,7-8,10-13H2,1H3,(H,22,26)(H,27,28). The number of aromatic carboxylic acids is 1. The minimum atomic E-state index is -1.03. The number of ether oxygens (including phenoxy) is 1. The van der Waals surface area contributed by atoms with E-state index in [1.54, 1.807) is 10.8 Å². The summed E-state index contributed by atoms with van der Waals surface area (Å²) < 4.78 is 9.16. The molecule has 2 aliphatic heterocycles. The van der Waals surface area contributed by atoms with Gasteiger partial charge in [0.1, 0.15) is 0 Å². The van der Waals surface area contributed by atoms with Crippen LogP contribution in [0.5, 0.6) is 0 Å². The van der Waals surface area contributed by atoms with E-state index in [2.05, 4.69) is 10.3 Å². The zero-order chi connectivity index (χ0) is 20.4. The number of carboxylic acids is 1. The predicted octanol–water partition coefficient (Wildman–Crippen LogP) is 1.51. The molecule has 1 fully saturated rings. The van der Waals surface area contributed by atoms with Gasteiger partial charge in [0.15, 0.2) is 0 Å². The van der Waals surface area contributed by atoms with Crippen molar-refractivity contribution in [3.63, 3.8) is 0 Å². The van der Waals surface area contributed by atoms with E-state index in [9.17, 15) is 14.7 Å². The second-order valence-corrected chi connectivity index (χ2v) is 7.92. The van der Waals surface area contributed by atoms with Crippen LogP contribution in [0.25, 0.3) is 0 Å². The van der Waals surface area contributed by atoms with Crippen LogP contribution in [-0.4, -0.2) is 56.1 Å². The first-order valence-corrected chi connectivity index (χ1v) is 10.2. The van der Waals surface area contributed by atoms with Crippen LogP contribution in [0.15, 0.2) is 12.4 Å². The maximum absolute atomic E-state index is 12.8. The number of carbonyl (C=O) groups is 2. The molecular weight excluding hydrogens is 374 g/mol. The van der Waals surface area contributed by atoms with Crippen LogP contribution >= 0.6 is 0 Å². The van der Waals surface area contributed by atoms with E-state index in [1.807, 2.05) is 11.6 Å². The molecule has 4 heterocycles. The molecule has 0 saturated carbocycles. The Morgan fingerprint density at radius 2 is 2.14 bits per heavy atom. The molecular formula is C20H27N5O4. The SMILES string of the molecule is CCc1nn(CCCn2ccnc2C(=O)O)c2c1C(=O)NCC1(CCOCC1)C2. The Hall–Kier alpha value is -2.68. The molecule has 1 spiro atoms. The van der Waals surface area contributed by atoms with E-state index in [1.165, 1.54) is 6.20 Å². The maximum Gasteiger partial charge on any atom is 0.372 e. The van der Waals surface area contributed by atoms with Crippen LogP contribution in [0.1, 0.15) is 58.6 Å². The van der Waals surface area contributed by atoms with Gasteiger partial charge in [-0.25, -0.2) is 9.78 Å². The van der Waals surface area contributed by atoms with E-state index in [0.29, 0.717) is 32.5 Å². The number of hydrogen-bond donors (Lipinski definition) is 2. The molecule has 0 unspecified atom stereocenters. The Labute approximate surface area is 169 Å². The molecule has 0 bridgehead atoms. The monoisotopic (exact) mass is 401 g/mol. The van der Waals surface area contributed by atoms with Gasteiger partial charge in [-0.2, -0.15) is 5.10 Å². The summed E-state index contributed by atoms with van der Waals surface area (Å²) in [4.78, 5) is 28.0. The van der Waals surface area contributed by atoms with Crippen molar-refractivity contribution in [1.29, 1.82) is 0 Å². The Bertz CT molecular complexity index is 910. The lowest BCUT2D eigenvalue weighted by Gasteiger charge is -2.36. The van der Waals surface area contributed by atoms with Gasteiger partial charge in [0.05, 0.1) is 17.0 Å². The molecule has 156 valence electrons.